The highest BCUT2D eigenvalue weighted by atomic mass is 16.5. The quantitative estimate of drug-likeness (QED) is 0.610. The number of fused-ring (bicyclic) bond motifs is 2. The van der Waals surface area contributed by atoms with Crippen molar-refractivity contribution in [2.24, 2.45) is 11.8 Å². The fourth-order valence-electron chi connectivity index (χ4n) is 2.50. The molecule has 0 unspecified atom stereocenters. The van der Waals surface area contributed by atoms with Crippen molar-refractivity contribution in [3.05, 3.63) is 12.2 Å². The molecule has 15 heavy (non-hydrogen) atoms. The Morgan fingerprint density at radius 3 is 2.67 bits per heavy atom. The molecule has 0 aromatic rings. The third-order valence-electron chi connectivity index (χ3n) is 3.27. The number of carbonyl (C=O) groups is 2. The summed E-state index contributed by atoms with van der Waals surface area (Å²) in [6.45, 7) is 2.27. The Balaban J connectivity index is 2.21. The number of carbonyl (C=O) groups excluding carboxylic acids is 2. The van der Waals surface area contributed by atoms with Crippen molar-refractivity contribution in [1.82, 2.24) is 4.90 Å². The molecule has 2 aliphatic heterocycles. The van der Waals surface area contributed by atoms with E-state index in [0.717, 1.165) is 6.42 Å². The molecule has 0 spiro atoms. The molecule has 82 valence electrons. The normalized spacial score (nSPS) is 32.9. The average Bonchev–Trinajstić information content (AvgIpc) is 2.28. The molecule has 2 bridgehead atoms. The molecule has 2 heterocycles. The second-order valence-corrected chi connectivity index (χ2v) is 4.21. The van der Waals surface area contributed by atoms with Crippen molar-refractivity contribution in [2.75, 3.05) is 13.7 Å². The van der Waals surface area contributed by atoms with E-state index in [2.05, 4.69) is 6.08 Å². The Morgan fingerprint density at radius 2 is 2.13 bits per heavy atom. The molecule has 0 aromatic heterocycles. The molecule has 0 saturated carbocycles. The van der Waals surface area contributed by atoms with Crippen molar-refractivity contribution in [3.63, 3.8) is 0 Å². The van der Waals surface area contributed by atoms with Crippen molar-refractivity contribution in [1.29, 1.82) is 0 Å². The number of ketones is 1. The predicted molar refractivity (Wildman–Crippen MR) is 54.3 cm³/mol. The smallest absolute Gasteiger partial charge is 0.410 e. The van der Waals surface area contributed by atoms with Crippen LogP contribution in [0, 0.1) is 11.8 Å². The summed E-state index contributed by atoms with van der Waals surface area (Å²) in [4.78, 5) is 24.6. The third kappa shape index (κ3) is 1.64. The lowest BCUT2D eigenvalue weighted by atomic mass is 9.76. The topological polar surface area (TPSA) is 46.6 Å². The number of piperidine rings is 1. The first-order valence-electron chi connectivity index (χ1n) is 5.17. The zero-order chi connectivity index (χ0) is 11.0. The van der Waals surface area contributed by atoms with E-state index >= 15 is 0 Å². The van der Waals surface area contributed by atoms with Gasteiger partial charge < -0.3 is 9.64 Å². The highest BCUT2D eigenvalue weighted by Crippen LogP contribution is 2.35. The van der Waals surface area contributed by atoms with Crippen LogP contribution in [-0.2, 0) is 9.53 Å². The van der Waals surface area contributed by atoms with Gasteiger partial charge in [-0.2, -0.15) is 0 Å². The standard InChI is InChI=1S/C11H15NO3/c1-7(13)9-5-8-3-4-10(9)12(6-8)11(14)15-2/h3-4,8-10H,5-6H2,1-2H3/t8-,9+,10+/m1/s1. The number of hydrogen-bond donors (Lipinski definition) is 0. The van der Waals surface area contributed by atoms with E-state index < -0.39 is 0 Å². The van der Waals surface area contributed by atoms with Crippen molar-refractivity contribution in [2.45, 2.75) is 19.4 Å². The summed E-state index contributed by atoms with van der Waals surface area (Å²) in [6.07, 6.45) is 4.59. The first kappa shape index (κ1) is 10.2. The minimum atomic E-state index is -0.333. The van der Waals surface area contributed by atoms with Crippen LogP contribution in [-0.4, -0.2) is 36.5 Å². The van der Waals surface area contributed by atoms with Gasteiger partial charge >= 0.3 is 6.09 Å². The first-order valence-corrected chi connectivity index (χ1v) is 5.17. The molecule has 3 atom stereocenters. The van der Waals surface area contributed by atoms with Crippen molar-refractivity contribution in [3.8, 4) is 0 Å². The number of rotatable bonds is 1. The van der Waals surface area contributed by atoms with Crippen LogP contribution in [0.15, 0.2) is 12.2 Å². The third-order valence-corrected chi connectivity index (χ3v) is 3.27. The highest BCUT2D eigenvalue weighted by molar-refractivity contribution is 5.81. The number of hydrogen-bond acceptors (Lipinski definition) is 3. The SMILES string of the molecule is COC(=O)N1C[C@@H]2C=C[C@H]1[C@H](C(C)=O)C2. The lowest BCUT2D eigenvalue weighted by molar-refractivity contribution is -0.124. The molecule has 1 aliphatic carbocycles. The number of amides is 1. The van der Waals surface area contributed by atoms with Crippen LogP contribution in [0.1, 0.15) is 13.3 Å². The zero-order valence-electron chi connectivity index (χ0n) is 8.97. The summed E-state index contributed by atoms with van der Waals surface area (Å²) in [5, 5.41) is 0. The zero-order valence-corrected chi connectivity index (χ0v) is 8.97. The summed E-state index contributed by atoms with van der Waals surface area (Å²) in [6, 6.07) is -0.0973. The van der Waals surface area contributed by atoms with E-state index in [0.29, 0.717) is 12.5 Å². The minimum absolute atomic E-state index is 0.0483. The maximum absolute atomic E-state index is 11.5. The van der Waals surface area contributed by atoms with Crippen LogP contribution in [0.5, 0.6) is 0 Å². The van der Waals surface area contributed by atoms with E-state index in [9.17, 15) is 9.59 Å². The lowest BCUT2D eigenvalue weighted by Crippen LogP contribution is -2.54. The second kappa shape index (κ2) is 3.68. The Morgan fingerprint density at radius 1 is 1.40 bits per heavy atom. The molecule has 0 N–H and O–H groups in total. The number of methoxy groups -OCH3 is 1. The van der Waals surface area contributed by atoms with Crippen LogP contribution in [0.2, 0.25) is 0 Å². The summed E-state index contributed by atoms with van der Waals surface area (Å²) in [5.74, 6) is 0.416. The predicted octanol–water partition coefficient (Wildman–Crippen LogP) is 1.22. The van der Waals surface area contributed by atoms with Gasteiger partial charge in [-0.1, -0.05) is 12.2 Å². The van der Waals surface area contributed by atoms with Gasteiger partial charge in [0.25, 0.3) is 0 Å². The molecular weight excluding hydrogens is 194 g/mol. The van der Waals surface area contributed by atoms with Crippen LogP contribution >= 0.6 is 0 Å². The van der Waals surface area contributed by atoms with Crippen molar-refractivity contribution < 1.29 is 14.3 Å². The molecule has 4 heteroatoms. The molecule has 1 saturated heterocycles. The molecular formula is C11H15NO3. The molecule has 3 rings (SSSR count). The fraction of sp³-hybridized carbons (Fsp3) is 0.636. The Labute approximate surface area is 88.9 Å². The van der Waals surface area contributed by atoms with Crippen LogP contribution in [0.4, 0.5) is 4.79 Å². The van der Waals surface area contributed by atoms with Crippen molar-refractivity contribution >= 4 is 11.9 Å². The average molecular weight is 209 g/mol. The fourth-order valence-corrected chi connectivity index (χ4v) is 2.50. The number of nitrogens with zero attached hydrogens (tertiary/aromatic N) is 1. The van der Waals surface area contributed by atoms with E-state index in [4.69, 9.17) is 4.74 Å². The van der Waals surface area contributed by atoms with Gasteiger partial charge in [0.15, 0.2) is 0 Å². The van der Waals surface area contributed by atoms with E-state index in [1.807, 2.05) is 6.08 Å². The van der Waals surface area contributed by atoms with E-state index in [1.165, 1.54) is 7.11 Å². The van der Waals surface area contributed by atoms with Crippen LogP contribution < -0.4 is 0 Å². The summed E-state index contributed by atoms with van der Waals surface area (Å²) < 4.78 is 4.71. The minimum Gasteiger partial charge on any atom is -0.453 e. The summed E-state index contributed by atoms with van der Waals surface area (Å²) >= 11 is 0. The van der Waals surface area contributed by atoms with Gasteiger partial charge in [0.05, 0.1) is 13.2 Å². The van der Waals surface area contributed by atoms with Crippen LogP contribution in [0.3, 0.4) is 0 Å². The first-order chi connectivity index (χ1) is 7.13. The van der Waals surface area contributed by atoms with E-state index in [1.54, 1.807) is 11.8 Å². The molecule has 0 radical (unpaired) electrons. The highest BCUT2D eigenvalue weighted by Gasteiger charge is 2.42. The molecule has 1 amide bonds. The summed E-state index contributed by atoms with van der Waals surface area (Å²) in [7, 11) is 1.37. The number of Topliss-reactive ketones (excluding diaryl/α,β-unsaturated/α-hetero) is 1. The van der Waals surface area contributed by atoms with Gasteiger partial charge in [-0.15, -0.1) is 0 Å². The van der Waals surface area contributed by atoms with Gasteiger partial charge in [-0.05, 0) is 19.3 Å². The maximum atomic E-state index is 11.5. The molecule has 3 aliphatic rings. The molecule has 4 nitrogen and oxygen atoms in total. The van der Waals surface area contributed by atoms with Gasteiger partial charge in [-0.25, -0.2) is 4.79 Å². The maximum Gasteiger partial charge on any atom is 0.410 e. The monoisotopic (exact) mass is 209 g/mol. The molecule has 1 fully saturated rings. The Hall–Kier alpha value is -1.32. The van der Waals surface area contributed by atoms with Gasteiger partial charge in [0.1, 0.15) is 5.78 Å². The summed E-state index contributed by atoms with van der Waals surface area (Å²) in [5.41, 5.74) is 0. The lowest BCUT2D eigenvalue weighted by Gasteiger charge is -2.44. The molecule has 0 aromatic carbocycles. The van der Waals surface area contributed by atoms with E-state index in [-0.39, 0.29) is 23.8 Å². The largest absolute Gasteiger partial charge is 0.453 e. The van der Waals surface area contributed by atoms with Gasteiger partial charge in [-0.3, -0.25) is 4.79 Å². The second-order valence-electron chi connectivity index (χ2n) is 4.21. The Bertz CT molecular complexity index is 324. The van der Waals surface area contributed by atoms with Crippen LogP contribution in [0.25, 0.3) is 0 Å². The Kier molecular flexibility index (Phi) is 2.50. The number of ether oxygens (including phenoxy) is 1. The van der Waals surface area contributed by atoms with Gasteiger partial charge in [0, 0.05) is 12.5 Å². The van der Waals surface area contributed by atoms with Gasteiger partial charge in [0.2, 0.25) is 0 Å².